The standard InChI is InChI=1S/C15H23FN2O/c1-10(9-15(2,3)4)7-14(19)18-13-6-5-11(17)8-12(13)16/h5-6,8,10H,7,9,17H2,1-4H3,(H,18,19). The van der Waals surface area contributed by atoms with Gasteiger partial charge in [0.15, 0.2) is 0 Å². The number of carbonyl (C=O) groups excluding carboxylic acids is 1. The minimum absolute atomic E-state index is 0.166. The molecule has 0 spiro atoms. The van der Waals surface area contributed by atoms with Crippen molar-refractivity contribution in [2.75, 3.05) is 11.1 Å². The van der Waals surface area contributed by atoms with Gasteiger partial charge in [-0.3, -0.25) is 4.79 Å². The average molecular weight is 266 g/mol. The summed E-state index contributed by atoms with van der Waals surface area (Å²) in [6.45, 7) is 8.45. The van der Waals surface area contributed by atoms with E-state index in [2.05, 4.69) is 26.1 Å². The Labute approximate surface area is 114 Å². The minimum Gasteiger partial charge on any atom is -0.399 e. The van der Waals surface area contributed by atoms with Gasteiger partial charge >= 0.3 is 0 Å². The van der Waals surface area contributed by atoms with Crippen molar-refractivity contribution in [1.82, 2.24) is 0 Å². The molecule has 0 aliphatic rings. The molecule has 0 radical (unpaired) electrons. The fourth-order valence-electron chi connectivity index (χ4n) is 2.27. The molecule has 0 bridgehead atoms. The number of benzene rings is 1. The predicted molar refractivity (Wildman–Crippen MR) is 77.3 cm³/mol. The lowest BCUT2D eigenvalue weighted by Crippen LogP contribution is -2.19. The monoisotopic (exact) mass is 266 g/mol. The van der Waals surface area contributed by atoms with Gasteiger partial charge in [0.05, 0.1) is 5.69 Å². The van der Waals surface area contributed by atoms with Crippen molar-refractivity contribution < 1.29 is 9.18 Å². The van der Waals surface area contributed by atoms with Crippen LogP contribution in [0.5, 0.6) is 0 Å². The van der Waals surface area contributed by atoms with Crippen molar-refractivity contribution in [3.8, 4) is 0 Å². The van der Waals surface area contributed by atoms with Crippen LogP contribution in [0.1, 0.15) is 40.5 Å². The quantitative estimate of drug-likeness (QED) is 0.814. The van der Waals surface area contributed by atoms with Crippen LogP contribution in [-0.2, 0) is 4.79 Å². The highest BCUT2D eigenvalue weighted by atomic mass is 19.1. The second-order valence-electron chi connectivity index (χ2n) is 6.36. The summed E-state index contributed by atoms with van der Waals surface area (Å²) in [4.78, 5) is 11.8. The highest BCUT2D eigenvalue weighted by Gasteiger charge is 2.18. The van der Waals surface area contributed by atoms with E-state index in [0.29, 0.717) is 12.1 Å². The molecular formula is C15H23FN2O. The number of nitrogens with two attached hydrogens (primary N) is 1. The average Bonchev–Trinajstić information content (AvgIpc) is 2.19. The van der Waals surface area contributed by atoms with Crippen molar-refractivity contribution in [2.24, 2.45) is 11.3 Å². The smallest absolute Gasteiger partial charge is 0.224 e. The molecule has 0 aliphatic carbocycles. The van der Waals surface area contributed by atoms with E-state index >= 15 is 0 Å². The lowest BCUT2D eigenvalue weighted by Gasteiger charge is -2.22. The summed E-state index contributed by atoms with van der Waals surface area (Å²) in [5.41, 5.74) is 6.17. The molecule has 1 atom stereocenters. The summed E-state index contributed by atoms with van der Waals surface area (Å²) in [7, 11) is 0. The molecule has 4 heteroatoms. The number of carbonyl (C=O) groups is 1. The number of halogens is 1. The molecule has 0 saturated heterocycles. The van der Waals surface area contributed by atoms with Gasteiger partial charge in [0.2, 0.25) is 5.91 Å². The summed E-state index contributed by atoms with van der Waals surface area (Å²) in [6.07, 6.45) is 1.34. The molecule has 1 amide bonds. The van der Waals surface area contributed by atoms with Crippen molar-refractivity contribution in [3.63, 3.8) is 0 Å². The van der Waals surface area contributed by atoms with Crippen molar-refractivity contribution in [2.45, 2.75) is 40.5 Å². The first-order valence-corrected chi connectivity index (χ1v) is 6.52. The maximum atomic E-state index is 13.5. The van der Waals surface area contributed by atoms with Crippen molar-refractivity contribution >= 4 is 17.3 Å². The Balaban J connectivity index is 2.56. The molecule has 1 unspecified atom stereocenters. The van der Waals surface area contributed by atoms with E-state index in [1.165, 1.54) is 12.1 Å². The van der Waals surface area contributed by atoms with E-state index in [0.717, 1.165) is 6.42 Å². The first kappa shape index (κ1) is 15.5. The fraction of sp³-hybridized carbons (Fsp3) is 0.533. The largest absolute Gasteiger partial charge is 0.399 e. The molecule has 3 N–H and O–H groups in total. The molecule has 1 aromatic carbocycles. The van der Waals surface area contributed by atoms with E-state index in [4.69, 9.17) is 5.73 Å². The summed E-state index contributed by atoms with van der Waals surface area (Å²) in [5, 5.41) is 2.58. The van der Waals surface area contributed by atoms with Gasteiger partial charge < -0.3 is 11.1 Å². The zero-order valence-corrected chi connectivity index (χ0v) is 12.1. The van der Waals surface area contributed by atoms with Crippen LogP contribution in [-0.4, -0.2) is 5.91 Å². The molecule has 1 rings (SSSR count). The molecule has 0 saturated carbocycles. The Morgan fingerprint density at radius 1 is 1.42 bits per heavy atom. The molecule has 1 aromatic rings. The highest BCUT2D eigenvalue weighted by molar-refractivity contribution is 5.91. The van der Waals surface area contributed by atoms with Gasteiger partial charge in [-0.2, -0.15) is 0 Å². The lowest BCUT2D eigenvalue weighted by atomic mass is 9.84. The van der Waals surface area contributed by atoms with Gasteiger partial charge in [-0.15, -0.1) is 0 Å². The Morgan fingerprint density at radius 3 is 2.58 bits per heavy atom. The highest BCUT2D eigenvalue weighted by Crippen LogP contribution is 2.26. The van der Waals surface area contributed by atoms with Crippen LogP contribution in [0.2, 0.25) is 0 Å². The van der Waals surface area contributed by atoms with Gasteiger partial charge in [0.25, 0.3) is 0 Å². The zero-order chi connectivity index (χ0) is 14.6. The first-order valence-electron chi connectivity index (χ1n) is 6.52. The molecule has 106 valence electrons. The number of rotatable bonds is 4. The van der Waals surface area contributed by atoms with Crippen LogP contribution in [0.4, 0.5) is 15.8 Å². The van der Waals surface area contributed by atoms with Gasteiger partial charge in [-0.1, -0.05) is 27.7 Å². The van der Waals surface area contributed by atoms with Gasteiger partial charge in [0, 0.05) is 12.1 Å². The predicted octanol–water partition coefficient (Wildman–Crippen LogP) is 3.81. The van der Waals surface area contributed by atoms with Gasteiger partial charge in [-0.25, -0.2) is 4.39 Å². The third kappa shape index (κ3) is 5.73. The van der Waals surface area contributed by atoms with Gasteiger partial charge in [-0.05, 0) is 36.0 Å². The number of hydrogen-bond donors (Lipinski definition) is 2. The molecular weight excluding hydrogens is 243 g/mol. The van der Waals surface area contributed by atoms with Crippen LogP contribution in [0, 0.1) is 17.2 Å². The molecule has 0 heterocycles. The topological polar surface area (TPSA) is 55.1 Å². The van der Waals surface area contributed by atoms with Crippen LogP contribution in [0.3, 0.4) is 0 Å². The molecule has 19 heavy (non-hydrogen) atoms. The Kier molecular flexibility index (Phi) is 4.92. The number of amides is 1. The van der Waals surface area contributed by atoms with Crippen LogP contribution in [0.15, 0.2) is 18.2 Å². The number of nitrogens with one attached hydrogen (secondary N) is 1. The first-order chi connectivity index (χ1) is 8.67. The van der Waals surface area contributed by atoms with Gasteiger partial charge in [0.1, 0.15) is 5.82 Å². The van der Waals surface area contributed by atoms with Crippen LogP contribution < -0.4 is 11.1 Å². The van der Waals surface area contributed by atoms with Crippen molar-refractivity contribution in [3.05, 3.63) is 24.0 Å². The molecule has 0 aromatic heterocycles. The second-order valence-corrected chi connectivity index (χ2v) is 6.36. The van der Waals surface area contributed by atoms with E-state index in [9.17, 15) is 9.18 Å². The molecule has 3 nitrogen and oxygen atoms in total. The lowest BCUT2D eigenvalue weighted by molar-refractivity contribution is -0.117. The molecule has 0 fully saturated rings. The third-order valence-electron chi connectivity index (χ3n) is 2.76. The summed E-state index contributed by atoms with van der Waals surface area (Å²) >= 11 is 0. The zero-order valence-electron chi connectivity index (χ0n) is 12.1. The van der Waals surface area contributed by atoms with E-state index < -0.39 is 5.82 Å². The number of anilines is 2. The summed E-state index contributed by atoms with van der Waals surface area (Å²) < 4.78 is 13.5. The number of nitrogen functional groups attached to an aromatic ring is 1. The van der Waals surface area contributed by atoms with Crippen molar-refractivity contribution in [1.29, 1.82) is 0 Å². The minimum atomic E-state index is -0.503. The van der Waals surface area contributed by atoms with E-state index in [1.54, 1.807) is 6.07 Å². The summed E-state index contributed by atoms with van der Waals surface area (Å²) in [5.74, 6) is -0.408. The molecule has 0 aliphatic heterocycles. The van der Waals surface area contributed by atoms with Crippen LogP contribution in [0.25, 0.3) is 0 Å². The fourth-order valence-corrected chi connectivity index (χ4v) is 2.27. The van der Waals surface area contributed by atoms with Crippen LogP contribution >= 0.6 is 0 Å². The third-order valence-corrected chi connectivity index (χ3v) is 2.76. The Morgan fingerprint density at radius 2 is 2.05 bits per heavy atom. The second kappa shape index (κ2) is 6.04. The normalized spacial score (nSPS) is 13.1. The Bertz CT molecular complexity index is 452. The maximum Gasteiger partial charge on any atom is 0.224 e. The number of hydrogen-bond acceptors (Lipinski definition) is 2. The van der Waals surface area contributed by atoms with E-state index in [-0.39, 0.29) is 22.9 Å². The Hall–Kier alpha value is -1.58. The maximum absolute atomic E-state index is 13.5. The van der Waals surface area contributed by atoms with E-state index in [1.807, 2.05) is 6.92 Å². The SMILES string of the molecule is CC(CC(=O)Nc1ccc(N)cc1F)CC(C)(C)C. The summed E-state index contributed by atoms with van der Waals surface area (Å²) in [6, 6.07) is 4.25.